The van der Waals surface area contributed by atoms with Crippen molar-refractivity contribution < 1.29 is 18.0 Å². The smallest absolute Gasteiger partial charge is 0.390 e. The van der Waals surface area contributed by atoms with Crippen LogP contribution in [0.4, 0.5) is 18.2 Å². The van der Waals surface area contributed by atoms with Crippen molar-refractivity contribution in [1.29, 1.82) is 0 Å². The third kappa shape index (κ3) is 2.92. The fourth-order valence-electron chi connectivity index (χ4n) is 2.55. The molecule has 0 aliphatic rings. The van der Waals surface area contributed by atoms with Gasteiger partial charge >= 0.3 is 6.18 Å². The van der Waals surface area contributed by atoms with Crippen molar-refractivity contribution in [1.82, 2.24) is 0 Å². The van der Waals surface area contributed by atoms with Crippen molar-refractivity contribution in [3.05, 3.63) is 65.0 Å². The fraction of sp³-hybridized carbons (Fsp3) is 0.0556. The van der Waals surface area contributed by atoms with E-state index in [1.54, 1.807) is 35.7 Å². The van der Waals surface area contributed by atoms with Crippen LogP contribution in [-0.2, 0) is 6.18 Å². The molecule has 0 radical (unpaired) electrons. The molecule has 0 saturated heterocycles. The SMILES string of the molecule is Nc1scc(-c2cccc(C(F)(F)F)c2)c1-c1ccccc1C=O. The second kappa shape index (κ2) is 6.13. The largest absolute Gasteiger partial charge is 0.416 e. The number of nitrogens with two attached hydrogens (primary N) is 1. The summed E-state index contributed by atoms with van der Waals surface area (Å²) >= 11 is 1.23. The van der Waals surface area contributed by atoms with Gasteiger partial charge in [-0.3, -0.25) is 4.79 Å². The lowest BCUT2D eigenvalue weighted by molar-refractivity contribution is -0.137. The lowest BCUT2D eigenvalue weighted by Crippen LogP contribution is -2.04. The molecule has 2 nitrogen and oxygen atoms in total. The molecule has 2 aromatic carbocycles. The van der Waals surface area contributed by atoms with Crippen molar-refractivity contribution in [3.63, 3.8) is 0 Å². The highest BCUT2D eigenvalue weighted by atomic mass is 32.1. The number of nitrogen functional groups attached to an aromatic ring is 1. The molecule has 2 N–H and O–H groups in total. The second-order valence-corrected chi connectivity index (χ2v) is 6.08. The van der Waals surface area contributed by atoms with Crippen LogP contribution in [0.5, 0.6) is 0 Å². The molecular weight excluding hydrogens is 335 g/mol. The molecule has 0 unspecified atom stereocenters. The molecule has 1 heterocycles. The molecular formula is C18H12F3NOS. The van der Waals surface area contributed by atoms with Crippen LogP contribution in [0.3, 0.4) is 0 Å². The average molecular weight is 347 g/mol. The Morgan fingerprint density at radius 1 is 1.00 bits per heavy atom. The molecule has 0 spiro atoms. The van der Waals surface area contributed by atoms with E-state index < -0.39 is 11.7 Å². The van der Waals surface area contributed by atoms with Crippen molar-refractivity contribution in [2.75, 3.05) is 5.73 Å². The second-order valence-electron chi connectivity index (χ2n) is 5.17. The molecule has 0 fully saturated rings. The van der Waals surface area contributed by atoms with Gasteiger partial charge in [-0.25, -0.2) is 0 Å². The molecule has 24 heavy (non-hydrogen) atoms. The number of aldehydes is 1. The van der Waals surface area contributed by atoms with Gasteiger partial charge in [-0.1, -0.05) is 36.4 Å². The average Bonchev–Trinajstić information content (AvgIpc) is 2.95. The van der Waals surface area contributed by atoms with Crippen LogP contribution in [-0.4, -0.2) is 6.29 Å². The summed E-state index contributed by atoms with van der Waals surface area (Å²) in [6.07, 6.45) is -3.71. The van der Waals surface area contributed by atoms with Crippen molar-refractivity contribution in [2.24, 2.45) is 0 Å². The molecule has 0 bridgehead atoms. The zero-order chi connectivity index (χ0) is 17.3. The minimum Gasteiger partial charge on any atom is -0.390 e. The minimum absolute atomic E-state index is 0.411. The first kappa shape index (κ1) is 16.3. The summed E-state index contributed by atoms with van der Waals surface area (Å²) < 4.78 is 38.9. The van der Waals surface area contributed by atoms with Crippen molar-refractivity contribution >= 4 is 22.6 Å². The highest BCUT2D eigenvalue weighted by Gasteiger charge is 2.30. The Balaban J connectivity index is 2.20. The van der Waals surface area contributed by atoms with E-state index >= 15 is 0 Å². The highest BCUT2D eigenvalue weighted by Crippen LogP contribution is 2.43. The standard InChI is InChI=1S/C18H12F3NOS/c19-18(20,21)13-6-3-5-11(8-13)15-10-24-17(22)16(15)14-7-2-1-4-12(14)9-23/h1-10H,22H2. The van der Waals surface area contributed by atoms with E-state index in [9.17, 15) is 18.0 Å². The van der Waals surface area contributed by atoms with E-state index in [0.717, 1.165) is 12.1 Å². The molecule has 3 rings (SSSR count). The molecule has 1 aromatic heterocycles. The van der Waals surface area contributed by atoms with E-state index in [0.29, 0.717) is 39.1 Å². The Kier molecular flexibility index (Phi) is 4.15. The van der Waals surface area contributed by atoms with Gasteiger partial charge in [0.25, 0.3) is 0 Å². The Labute approximate surface area is 140 Å². The lowest BCUT2D eigenvalue weighted by Gasteiger charge is -2.11. The number of anilines is 1. The number of rotatable bonds is 3. The number of alkyl halides is 3. The Hall–Kier alpha value is -2.60. The molecule has 3 aromatic rings. The quantitative estimate of drug-likeness (QED) is 0.636. The summed E-state index contributed by atoms with van der Waals surface area (Å²) in [4.78, 5) is 11.3. The normalized spacial score (nSPS) is 11.5. The van der Waals surface area contributed by atoms with Crippen LogP contribution < -0.4 is 5.73 Å². The third-order valence-corrected chi connectivity index (χ3v) is 4.49. The van der Waals surface area contributed by atoms with E-state index in [2.05, 4.69) is 0 Å². The van der Waals surface area contributed by atoms with E-state index in [1.165, 1.54) is 17.4 Å². The molecule has 0 amide bonds. The van der Waals surface area contributed by atoms with Gasteiger partial charge < -0.3 is 5.73 Å². The van der Waals surface area contributed by atoms with Gasteiger partial charge in [-0.15, -0.1) is 11.3 Å². The molecule has 0 aliphatic carbocycles. The topological polar surface area (TPSA) is 43.1 Å². The van der Waals surface area contributed by atoms with Gasteiger partial charge in [0.05, 0.1) is 10.6 Å². The summed E-state index contributed by atoms with van der Waals surface area (Å²) in [5, 5.41) is 2.17. The number of hydrogen-bond acceptors (Lipinski definition) is 3. The first-order valence-corrected chi connectivity index (χ1v) is 7.89. The van der Waals surface area contributed by atoms with Crippen LogP contribution in [0.1, 0.15) is 15.9 Å². The van der Waals surface area contributed by atoms with Gasteiger partial charge in [0.1, 0.15) is 0 Å². The Morgan fingerprint density at radius 2 is 1.75 bits per heavy atom. The zero-order valence-electron chi connectivity index (χ0n) is 12.3. The number of hydrogen-bond donors (Lipinski definition) is 1. The van der Waals surface area contributed by atoms with Crippen molar-refractivity contribution in [3.8, 4) is 22.3 Å². The Morgan fingerprint density at radius 3 is 2.46 bits per heavy atom. The fourth-order valence-corrected chi connectivity index (χ4v) is 3.39. The lowest BCUT2D eigenvalue weighted by atomic mass is 9.94. The summed E-state index contributed by atoms with van der Waals surface area (Å²) in [6, 6.07) is 11.9. The van der Waals surface area contributed by atoms with Crippen LogP contribution in [0.25, 0.3) is 22.3 Å². The monoisotopic (exact) mass is 347 g/mol. The maximum Gasteiger partial charge on any atom is 0.416 e. The first-order chi connectivity index (χ1) is 11.4. The van der Waals surface area contributed by atoms with Crippen LogP contribution in [0.2, 0.25) is 0 Å². The zero-order valence-corrected chi connectivity index (χ0v) is 13.1. The summed E-state index contributed by atoms with van der Waals surface area (Å²) in [7, 11) is 0. The highest BCUT2D eigenvalue weighted by molar-refractivity contribution is 7.15. The van der Waals surface area contributed by atoms with Gasteiger partial charge in [0.15, 0.2) is 6.29 Å². The van der Waals surface area contributed by atoms with Crippen LogP contribution in [0.15, 0.2) is 53.9 Å². The predicted octanol–water partition coefficient (Wildman–Crippen LogP) is 5.50. The van der Waals surface area contributed by atoms with E-state index in [4.69, 9.17) is 5.73 Å². The summed E-state index contributed by atoms with van der Waals surface area (Å²) in [6.45, 7) is 0. The molecule has 0 atom stereocenters. The van der Waals surface area contributed by atoms with E-state index in [1.807, 2.05) is 0 Å². The third-order valence-electron chi connectivity index (χ3n) is 3.68. The van der Waals surface area contributed by atoms with Gasteiger partial charge in [0, 0.05) is 22.1 Å². The summed E-state index contributed by atoms with van der Waals surface area (Å²) in [5.41, 5.74) is 7.94. The van der Waals surface area contributed by atoms with Gasteiger partial charge in [-0.2, -0.15) is 13.2 Å². The summed E-state index contributed by atoms with van der Waals surface area (Å²) in [5.74, 6) is 0. The molecule has 6 heteroatoms. The number of halogens is 3. The number of carbonyl (C=O) groups excluding carboxylic acids is 1. The van der Waals surface area contributed by atoms with Gasteiger partial charge in [0.2, 0.25) is 0 Å². The number of carbonyl (C=O) groups is 1. The Bertz CT molecular complexity index is 899. The van der Waals surface area contributed by atoms with Crippen LogP contribution >= 0.6 is 11.3 Å². The van der Waals surface area contributed by atoms with Gasteiger partial charge in [-0.05, 0) is 23.3 Å². The predicted molar refractivity (Wildman–Crippen MR) is 90.0 cm³/mol. The minimum atomic E-state index is -4.42. The maximum absolute atomic E-state index is 13.0. The molecule has 0 saturated carbocycles. The van der Waals surface area contributed by atoms with Crippen LogP contribution in [0, 0.1) is 0 Å². The number of benzene rings is 2. The van der Waals surface area contributed by atoms with Crippen molar-refractivity contribution in [2.45, 2.75) is 6.18 Å². The molecule has 0 aliphatic heterocycles. The first-order valence-electron chi connectivity index (χ1n) is 7.01. The maximum atomic E-state index is 13.0. The number of thiophene rings is 1. The van der Waals surface area contributed by atoms with E-state index in [-0.39, 0.29) is 0 Å². The molecule has 122 valence electrons.